The van der Waals surface area contributed by atoms with Crippen LogP contribution < -0.4 is 0 Å². The Morgan fingerprint density at radius 1 is 1.16 bits per heavy atom. The normalized spacial score (nSPS) is 30.8. The first-order valence-corrected chi connectivity index (χ1v) is 8.08. The summed E-state index contributed by atoms with van der Waals surface area (Å²) in [5, 5.41) is 0. The summed E-state index contributed by atoms with van der Waals surface area (Å²) in [4.78, 5) is 14.8. The average Bonchev–Trinajstić information content (AvgIpc) is 2.62. The maximum atomic E-state index is 12.3. The molecule has 3 nitrogen and oxygen atoms in total. The molecule has 3 heteroatoms. The third-order valence-electron chi connectivity index (χ3n) is 4.95. The molecule has 0 aliphatic carbocycles. The summed E-state index contributed by atoms with van der Waals surface area (Å²) in [5.41, 5.74) is 0. The molecule has 2 fully saturated rings. The van der Waals surface area contributed by atoms with Crippen molar-refractivity contribution in [2.45, 2.75) is 83.4 Å². The number of piperidine rings is 1. The highest BCUT2D eigenvalue weighted by molar-refractivity contribution is 5.72. The molecule has 0 aromatic heterocycles. The lowest BCUT2D eigenvalue weighted by Crippen LogP contribution is -2.43. The number of carbonyl (C=O) groups is 1. The third kappa shape index (κ3) is 3.50. The SMILES string of the molecule is CCCC(CCC)C(=O)OC1C[C@H]2CC[C@@H](C1)N2C. The number of hydrogen-bond acceptors (Lipinski definition) is 3. The maximum Gasteiger partial charge on any atom is 0.309 e. The maximum absolute atomic E-state index is 12.3. The van der Waals surface area contributed by atoms with Gasteiger partial charge in [-0.1, -0.05) is 26.7 Å². The van der Waals surface area contributed by atoms with Crippen LogP contribution in [0.25, 0.3) is 0 Å². The molecule has 2 aliphatic rings. The van der Waals surface area contributed by atoms with E-state index in [1.54, 1.807) is 0 Å². The predicted octanol–water partition coefficient (Wildman–Crippen LogP) is 3.37. The first-order valence-electron chi connectivity index (χ1n) is 8.08. The lowest BCUT2D eigenvalue weighted by molar-refractivity contribution is -0.158. The van der Waals surface area contributed by atoms with Crippen molar-refractivity contribution in [3.63, 3.8) is 0 Å². The second-order valence-electron chi connectivity index (χ2n) is 6.36. The topological polar surface area (TPSA) is 29.5 Å². The Bertz CT molecular complexity index is 285. The fraction of sp³-hybridized carbons (Fsp3) is 0.938. The van der Waals surface area contributed by atoms with Gasteiger partial charge in [-0.2, -0.15) is 0 Å². The number of rotatable bonds is 6. The molecule has 2 rings (SSSR count). The van der Waals surface area contributed by atoms with Crippen molar-refractivity contribution in [1.29, 1.82) is 0 Å². The average molecular weight is 267 g/mol. The molecular formula is C16H29NO2. The summed E-state index contributed by atoms with van der Waals surface area (Å²) in [7, 11) is 2.22. The summed E-state index contributed by atoms with van der Waals surface area (Å²) in [6.07, 6.45) is 8.92. The molecule has 0 amide bonds. The van der Waals surface area contributed by atoms with Crippen molar-refractivity contribution in [2.24, 2.45) is 5.92 Å². The van der Waals surface area contributed by atoms with Gasteiger partial charge >= 0.3 is 5.97 Å². The van der Waals surface area contributed by atoms with Crippen LogP contribution >= 0.6 is 0 Å². The van der Waals surface area contributed by atoms with E-state index in [1.165, 1.54) is 12.8 Å². The molecule has 19 heavy (non-hydrogen) atoms. The molecule has 1 unspecified atom stereocenters. The van der Waals surface area contributed by atoms with E-state index in [1.807, 2.05) is 0 Å². The fourth-order valence-corrected chi connectivity index (χ4v) is 3.80. The van der Waals surface area contributed by atoms with Gasteiger partial charge in [0.05, 0.1) is 5.92 Å². The Morgan fingerprint density at radius 3 is 2.16 bits per heavy atom. The molecule has 0 N–H and O–H groups in total. The summed E-state index contributed by atoms with van der Waals surface area (Å²) in [6, 6.07) is 1.29. The van der Waals surface area contributed by atoms with Crippen LogP contribution in [0.15, 0.2) is 0 Å². The minimum atomic E-state index is 0.0673. The summed E-state index contributed by atoms with van der Waals surface area (Å²) in [6.45, 7) is 4.29. The Labute approximate surface area is 117 Å². The monoisotopic (exact) mass is 267 g/mol. The lowest BCUT2D eigenvalue weighted by Gasteiger charge is -2.36. The van der Waals surface area contributed by atoms with E-state index < -0.39 is 0 Å². The van der Waals surface area contributed by atoms with Crippen LogP contribution in [0.3, 0.4) is 0 Å². The fourth-order valence-electron chi connectivity index (χ4n) is 3.80. The highest BCUT2D eigenvalue weighted by Gasteiger charge is 2.40. The first kappa shape index (κ1) is 14.8. The van der Waals surface area contributed by atoms with E-state index in [0.29, 0.717) is 12.1 Å². The van der Waals surface area contributed by atoms with Gasteiger partial charge in [0.1, 0.15) is 6.10 Å². The van der Waals surface area contributed by atoms with Crippen molar-refractivity contribution in [1.82, 2.24) is 4.90 Å². The Morgan fingerprint density at radius 2 is 1.68 bits per heavy atom. The standard InChI is InChI=1S/C16H29NO2/c1-4-6-12(7-5-2)16(18)19-15-10-13-8-9-14(11-15)17(13)3/h12-15H,4-11H2,1-3H3/t13-,14+,15?. The minimum absolute atomic E-state index is 0.0673. The van der Waals surface area contributed by atoms with Gasteiger partial charge in [0, 0.05) is 12.1 Å². The molecule has 110 valence electrons. The molecule has 2 bridgehead atoms. The second-order valence-corrected chi connectivity index (χ2v) is 6.36. The van der Waals surface area contributed by atoms with E-state index in [0.717, 1.165) is 38.5 Å². The van der Waals surface area contributed by atoms with Gasteiger partial charge in [0.2, 0.25) is 0 Å². The number of esters is 1. The summed E-state index contributed by atoms with van der Waals surface area (Å²) < 4.78 is 5.82. The van der Waals surface area contributed by atoms with Crippen molar-refractivity contribution in [3.05, 3.63) is 0 Å². The van der Waals surface area contributed by atoms with Crippen molar-refractivity contribution < 1.29 is 9.53 Å². The predicted molar refractivity (Wildman–Crippen MR) is 77.0 cm³/mol. The molecule has 0 aromatic rings. The highest BCUT2D eigenvalue weighted by atomic mass is 16.5. The van der Waals surface area contributed by atoms with Crippen molar-refractivity contribution in [2.75, 3.05) is 7.05 Å². The van der Waals surface area contributed by atoms with Crippen molar-refractivity contribution in [3.8, 4) is 0 Å². The quantitative estimate of drug-likeness (QED) is 0.691. The van der Waals surface area contributed by atoms with E-state index in [2.05, 4.69) is 25.8 Å². The molecule has 0 aromatic carbocycles. The largest absolute Gasteiger partial charge is 0.462 e. The smallest absolute Gasteiger partial charge is 0.309 e. The molecule has 0 radical (unpaired) electrons. The van der Waals surface area contributed by atoms with E-state index in [-0.39, 0.29) is 18.0 Å². The molecule has 0 spiro atoms. The van der Waals surface area contributed by atoms with Gasteiger partial charge in [-0.3, -0.25) is 4.79 Å². The van der Waals surface area contributed by atoms with Crippen LogP contribution in [0.5, 0.6) is 0 Å². The molecular weight excluding hydrogens is 238 g/mol. The zero-order valence-electron chi connectivity index (χ0n) is 12.7. The summed E-state index contributed by atoms with van der Waals surface area (Å²) >= 11 is 0. The number of nitrogens with zero attached hydrogens (tertiary/aromatic N) is 1. The number of carbonyl (C=O) groups excluding carboxylic acids is 1. The highest BCUT2D eigenvalue weighted by Crippen LogP contribution is 2.35. The van der Waals surface area contributed by atoms with Crippen LogP contribution in [0.2, 0.25) is 0 Å². The van der Waals surface area contributed by atoms with Crippen LogP contribution in [-0.4, -0.2) is 36.1 Å². The zero-order valence-corrected chi connectivity index (χ0v) is 12.7. The second kappa shape index (κ2) is 6.74. The van der Waals surface area contributed by atoms with Crippen molar-refractivity contribution >= 4 is 5.97 Å². The Balaban J connectivity index is 1.85. The van der Waals surface area contributed by atoms with E-state index >= 15 is 0 Å². The summed E-state index contributed by atoms with van der Waals surface area (Å²) in [5.74, 6) is 0.199. The van der Waals surface area contributed by atoms with Gasteiger partial charge in [-0.15, -0.1) is 0 Å². The number of fused-ring (bicyclic) bond motifs is 2. The Kier molecular flexibility index (Phi) is 5.26. The van der Waals surface area contributed by atoms with Gasteiger partial charge < -0.3 is 9.64 Å². The molecule has 0 saturated carbocycles. The van der Waals surface area contributed by atoms with E-state index in [4.69, 9.17) is 4.74 Å². The van der Waals surface area contributed by atoms with Gasteiger partial charge in [-0.25, -0.2) is 0 Å². The number of hydrogen-bond donors (Lipinski definition) is 0. The van der Waals surface area contributed by atoms with Crippen LogP contribution in [0.1, 0.15) is 65.2 Å². The first-order chi connectivity index (χ1) is 9.15. The molecule has 2 heterocycles. The van der Waals surface area contributed by atoms with Gasteiger partial charge in [0.25, 0.3) is 0 Å². The lowest BCUT2D eigenvalue weighted by atomic mass is 9.97. The molecule has 3 atom stereocenters. The molecule has 2 aliphatic heterocycles. The third-order valence-corrected chi connectivity index (χ3v) is 4.95. The van der Waals surface area contributed by atoms with Gasteiger partial charge in [0.15, 0.2) is 0 Å². The van der Waals surface area contributed by atoms with Gasteiger partial charge in [-0.05, 0) is 45.6 Å². The van der Waals surface area contributed by atoms with Crippen LogP contribution in [0.4, 0.5) is 0 Å². The van der Waals surface area contributed by atoms with Crippen LogP contribution in [-0.2, 0) is 9.53 Å². The minimum Gasteiger partial charge on any atom is -0.462 e. The van der Waals surface area contributed by atoms with Crippen LogP contribution in [0, 0.1) is 5.92 Å². The van der Waals surface area contributed by atoms with E-state index in [9.17, 15) is 4.79 Å². The number of ether oxygens (including phenoxy) is 1. The zero-order chi connectivity index (χ0) is 13.8. The Hall–Kier alpha value is -0.570. The molecule has 2 saturated heterocycles.